The molecule has 1 N–H and O–H groups in total. The Kier molecular flexibility index (Phi) is 21.2. The molecule has 0 aromatic heterocycles. The van der Waals surface area contributed by atoms with E-state index in [4.69, 9.17) is 4.52 Å². The van der Waals surface area contributed by atoms with Crippen molar-refractivity contribution in [2.75, 3.05) is 34.3 Å². The predicted octanol–water partition coefficient (Wildman–Crippen LogP) is 7.95. The van der Waals surface area contributed by atoms with Crippen LogP contribution in [0.15, 0.2) is 12.2 Å². The highest BCUT2D eigenvalue weighted by Gasteiger charge is 2.26. The van der Waals surface area contributed by atoms with E-state index in [0.29, 0.717) is 17.4 Å². The van der Waals surface area contributed by atoms with Crippen LogP contribution in [-0.4, -0.2) is 49.6 Å². The van der Waals surface area contributed by atoms with Gasteiger partial charge in [-0.1, -0.05) is 96.1 Å². The van der Waals surface area contributed by atoms with Crippen molar-refractivity contribution >= 4 is 13.8 Å². The number of likely N-dealkylation sites (N-methyl/N-ethyl adjacent to an activating group) is 1. The zero-order valence-corrected chi connectivity index (χ0v) is 23.7. The molecular formula is C27H55NO5P+. The highest BCUT2D eigenvalue weighted by atomic mass is 31.2. The van der Waals surface area contributed by atoms with Gasteiger partial charge in [0.2, 0.25) is 0 Å². The number of rotatable bonds is 24. The van der Waals surface area contributed by atoms with Crippen LogP contribution in [0.25, 0.3) is 0 Å². The largest absolute Gasteiger partial charge is 0.529 e. The molecule has 6 nitrogen and oxygen atoms in total. The van der Waals surface area contributed by atoms with Gasteiger partial charge in [0.15, 0.2) is 0 Å². The maximum Gasteiger partial charge on any atom is 0.529 e. The fraction of sp³-hybridized carbons (Fsp3) is 0.889. The molecule has 0 aliphatic rings. The van der Waals surface area contributed by atoms with Crippen LogP contribution in [0, 0.1) is 0 Å². The van der Waals surface area contributed by atoms with E-state index in [0.717, 1.165) is 12.8 Å². The van der Waals surface area contributed by atoms with Crippen LogP contribution in [0.4, 0.5) is 0 Å². The zero-order valence-electron chi connectivity index (χ0n) is 22.8. The van der Waals surface area contributed by atoms with Crippen LogP contribution in [0.1, 0.15) is 122 Å². The first-order valence-corrected chi connectivity index (χ1v) is 15.3. The third kappa shape index (κ3) is 25.9. The molecule has 0 aliphatic carbocycles. The molecule has 202 valence electrons. The normalized spacial score (nSPS) is 13.9. The van der Waals surface area contributed by atoms with Gasteiger partial charge in [-0.15, -0.1) is 0 Å². The van der Waals surface area contributed by atoms with E-state index in [2.05, 4.69) is 23.6 Å². The number of carbonyl (C=O) groups is 1. The summed E-state index contributed by atoms with van der Waals surface area (Å²) in [5.41, 5.74) is 0. The maximum absolute atomic E-state index is 11.8. The van der Waals surface area contributed by atoms with E-state index in [1.165, 1.54) is 89.9 Å². The Balaban J connectivity index is 3.43. The highest BCUT2D eigenvalue weighted by Crippen LogP contribution is 2.43. The van der Waals surface area contributed by atoms with Gasteiger partial charge in [-0.2, -0.15) is 0 Å². The van der Waals surface area contributed by atoms with E-state index in [1.54, 1.807) is 0 Å². The van der Waals surface area contributed by atoms with Gasteiger partial charge in [0, 0.05) is 6.42 Å². The summed E-state index contributed by atoms with van der Waals surface area (Å²) in [5, 5.41) is 0. The number of nitrogens with zero attached hydrogens (tertiary/aromatic N) is 1. The van der Waals surface area contributed by atoms with Crippen molar-refractivity contribution in [2.24, 2.45) is 0 Å². The number of quaternary nitrogens is 1. The van der Waals surface area contributed by atoms with Gasteiger partial charge < -0.3 is 9.01 Å². The maximum atomic E-state index is 11.8. The van der Waals surface area contributed by atoms with E-state index in [9.17, 15) is 14.3 Å². The number of phosphoric ester groups is 1. The molecule has 0 rings (SSSR count). The molecule has 7 heteroatoms. The predicted molar refractivity (Wildman–Crippen MR) is 143 cm³/mol. The van der Waals surface area contributed by atoms with Gasteiger partial charge in [-0.3, -0.25) is 14.2 Å². The topological polar surface area (TPSA) is 72.8 Å². The monoisotopic (exact) mass is 504 g/mol. The number of carbonyl (C=O) groups excluding carboxylic acids is 1. The Morgan fingerprint density at radius 2 is 1.21 bits per heavy atom. The molecule has 0 aromatic rings. The average Bonchev–Trinajstić information content (AvgIpc) is 2.74. The second-order valence-electron chi connectivity index (χ2n) is 10.5. The first kappa shape index (κ1) is 33.3. The van der Waals surface area contributed by atoms with Gasteiger partial charge in [-0.25, -0.2) is 4.57 Å². The van der Waals surface area contributed by atoms with Crippen molar-refractivity contribution in [3.63, 3.8) is 0 Å². The molecule has 1 atom stereocenters. The van der Waals surface area contributed by atoms with Crippen molar-refractivity contribution in [2.45, 2.75) is 122 Å². The van der Waals surface area contributed by atoms with Crippen LogP contribution in [0.3, 0.4) is 0 Å². The fourth-order valence-corrected chi connectivity index (χ4v) is 4.39. The molecule has 0 amide bonds. The number of hydrogen-bond donors (Lipinski definition) is 1. The van der Waals surface area contributed by atoms with Crippen LogP contribution >= 0.6 is 7.82 Å². The van der Waals surface area contributed by atoms with Gasteiger partial charge >= 0.3 is 13.8 Å². The second kappa shape index (κ2) is 21.6. The standard InChI is InChI=1S/C27H54NO5P/c1-5-6-7-8-9-10-11-12-13-14-15-16-17-18-19-20-21-22-23-24-27(29)33-34(30,31)32-26-25-28(2,3)4/h12-13H,5-11,14-26H2,1-4H3/p+1/b13-12-. The Hall–Kier alpha value is -0.680. The summed E-state index contributed by atoms with van der Waals surface area (Å²) in [7, 11) is 1.57. The Morgan fingerprint density at radius 1 is 0.765 bits per heavy atom. The molecule has 0 saturated heterocycles. The lowest BCUT2D eigenvalue weighted by atomic mass is 10.1. The molecule has 0 radical (unpaired) electrons. The SMILES string of the molecule is CCCCCCCC/C=C\CCCCCCCCCCCC(=O)OP(=O)(O)OCC[N+](C)(C)C. The smallest absolute Gasteiger partial charge is 0.371 e. The van der Waals surface area contributed by atoms with Crippen LogP contribution in [0.2, 0.25) is 0 Å². The second-order valence-corrected chi connectivity index (χ2v) is 11.9. The van der Waals surface area contributed by atoms with E-state index in [1.807, 2.05) is 21.1 Å². The summed E-state index contributed by atoms with van der Waals surface area (Å²) < 4.78 is 21.9. The quantitative estimate of drug-likeness (QED) is 0.0625. The Bertz CT molecular complexity index is 560. The zero-order chi connectivity index (χ0) is 25.5. The molecule has 0 heterocycles. The molecule has 0 aromatic carbocycles. The van der Waals surface area contributed by atoms with Crippen molar-refractivity contribution in [3.05, 3.63) is 12.2 Å². The minimum absolute atomic E-state index is 0.0700. The molecule has 0 fully saturated rings. The number of unbranched alkanes of at least 4 members (excludes halogenated alkanes) is 15. The molecule has 0 saturated carbocycles. The van der Waals surface area contributed by atoms with Crippen LogP contribution < -0.4 is 0 Å². The molecule has 1 unspecified atom stereocenters. The summed E-state index contributed by atoms with van der Waals surface area (Å²) in [5.74, 6) is -0.655. The molecule has 0 spiro atoms. The summed E-state index contributed by atoms with van der Waals surface area (Å²) in [6.07, 6.45) is 25.9. The summed E-state index contributed by atoms with van der Waals surface area (Å²) in [4.78, 5) is 21.4. The lowest BCUT2D eigenvalue weighted by Crippen LogP contribution is -2.37. The van der Waals surface area contributed by atoms with Crippen LogP contribution in [0.5, 0.6) is 0 Å². The number of hydrogen-bond acceptors (Lipinski definition) is 4. The van der Waals surface area contributed by atoms with E-state index in [-0.39, 0.29) is 13.0 Å². The molecule has 0 bridgehead atoms. The van der Waals surface area contributed by atoms with Crippen molar-refractivity contribution in [1.82, 2.24) is 0 Å². The van der Waals surface area contributed by atoms with Crippen molar-refractivity contribution < 1.29 is 27.8 Å². The van der Waals surface area contributed by atoms with Crippen molar-refractivity contribution in [3.8, 4) is 0 Å². The molecule has 0 aliphatic heterocycles. The fourth-order valence-electron chi connectivity index (χ4n) is 3.68. The summed E-state index contributed by atoms with van der Waals surface area (Å²) in [6.45, 7) is 2.89. The summed E-state index contributed by atoms with van der Waals surface area (Å²) >= 11 is 0. The van der Waals surface area contributed by atoms with E-state index >= 15 is 0 Å². The number of allylic oxidation sites excluding steroid dienone is 2. The van der Waals surface area contributed by atoms with Crippen LogP contribution in [-0.2, 0) is 18.4 Å². The van der Waals surface area contributed by atoms with Gasteiger partial charge in [-0.05, 0) is 32.1 Å². The van der Waals surface area contributed by atoms with Gasteiger partial charge in [0.05, 0.1) is 21.1 Å². The molecular weight excluding hydrogens is 449 g/mol. The first-order chi connectivity index (χ1) is 16.2. The Morgan fingerprint density at radius 3 is 1.68 bits per heavy atom. The number of phosphoric acid groups is 1. The lowest BCUT2D eigenvalue weighted by Gasteiger charge is -2.23. The lowest BCUT2D eigenvalue weighted by molar-refractivity contribution is -0.870. The minimum Gasteiger partial charge on any atom is -0.371 e. The molecule has 34 heavy (non-hydrogen) atoms. The third-order valence-electron chi connectivity index (χ3n) is 5.88. The summed E-state index contributed by atoms with van der Waals surface area (Å²) in [6, 6.07) is 0. The third-order valence-corrected chi connectivity index (χ3v) is 6.82. The van der Waals surface area contributed by atoms with Gasteiger partial charge in [0.1, 0.15) is 13.2 Å². The highest BCUT2D eigenvalue weighted by molar-refractivity contribution is 7.48. The van der Waals surface area contributed by atoms with E-state index < -0.39 is 13.8 Å². The average molecular weight is 505 g/mol. The van der Waals surface area contributed by atoms with Crippen molar-refractivity contribution in [1.29, 1.82) is 0 Å². The first-order valence-electron chi connectivity index (χ1n) is 13.8. The van der Waals surface area contributed by atoms with Gasteiger partial charge in [0.25, 0.3) is 0 Å². The minimum atomic E-state index is -4.29. The Labute approximate surface area is 210 Å².